The minimum absolute atomic E-state index is 0.0226. The Balaban J connectivity index is 1.22. The van der Waals surface area contributed by atoms with Gasteiger partial charge in [-0.25, -0.2) is 0 Å². The molecule has 1 heterocycles. The maximum Gasteiger partial charge on any atom is 0.0468 e. The van der Waals surface area contributed by atoms with Crippen molar-refractivity contribution in [1.29, 1.82) is 0 Å². The van der Waals surface area contributed by atoms with Gasteiger partial charge in [-0.3, -0.25) is 0 Å². The lowest BCUT2D eigenvalue weighted by Gasteiger charge is -2.27. The van der Waals surface area contributed by atoms with E-state index in [1.807, 2.05) is 11.3 Å². The lowest BCUT2D eigenvalue weighted by atomic mass is 9.82. The van der Waals surface area contributed by atoms with Crippen molar-refractivity contribution in [2.75, 3.05) is 4.90 Å². The second kappa shape index (κ2) is 9.92. The van der Waals surface area contributed by atoms with E-state index in [1.165, 1.54) is 64.3 Å². The predicted molar refractivity (Wildman–Crippen MR) is 195 cm³/mol. The lowest BCUT2D eigenvalue weighted by Crippen LogP contribution is -2.15. The van der Waals surface area contributed by atoms with E-state index in [0.717, 1.165) is 17.1 Å². The van der Waals surface area contributed by atoms with E-state index in [9.17, 15) is 0 Å². The van der Waals surface area contributed by atoms with Crippen molar-refractivity contribution >= 4 is 59.3 Å². The molecule has 1 aliphatic rings. The van der Waals surface area contributed by atoms with Gasteiger partial charge in [0.1, 0.15) is 0 Å². The van der Waals surface area contributed by atoms with Crippen molar-refractivity contribution < 1.29 is 0 Å². The molecule has 1 nitrogen and oxygen atoms in total. The largest absolute Gasteiger partial charge is 0.310 e. The molecule has 0 N–H and O–H groups in total. The van der Waals surface area contributed by atoms with Crippen LogP contribution < -0.4 is 4.90 Å². The van der Waals surface area contributed by atoms with Crippen LogP contribution in [0.25, 0.3) is 53.2 Å². The molecular weight excluding hydrogens is 563 g/mol. The first-order valence-corrected chi connectivity index (χ1v) is 16.4. The Labute approximate surface area is 267 Å². The van der Waals surface area contributed by atoms with Crippen LogP contribution in [0.4, 0.5) is 17.1 Å². The lowest BCUT2D eigenvalue weighted by molar-refractivity contribution is 0.660. The van der Waals surface area contributed by atoms with Gasteiger partial charge in [0.2, 0.25) is 0 Å². The molecule has 0 atom stereocenters. The Bertz CT molecular complexity index is 2400. The second-order valence-electron chi connectivity index (χ2n) is 12.6. The molecule has 0 amide bonds. The number of benzene rings is 7. The van der Waals surface area contributed by atoms with Crippen molar-refractivity contribution in [3.8, 4) is 22.3 Å². The van der Waals surface area contributed by atoms with E-state index in [1.54, 1.807) is 0 Å². The van der Waals surface area contributed by atoms with Crippen LogP contribution in [0.15, 0.2) is 152 Å². The first kappa shape index (κ1) is 26.2. The molecule has 0 radical (unpaired) electrons. The minimum Gasteiger partial charge on any atom is -0.310 e. The molecule has 9 rings (SSSR count). The van der Waals surface area contributed by atoms with Gasteiger partial charge in [-0.2, -0.15) is 0 Å². The maximum absolute atomic E-state index is 2.41. The number of rotatable bonds is 4. The highest BCUT2D eigenvalue weighted by molar-refractivity contribution is 7.25. The molecule has 7 aromatic carbocycles. The zero-order valence-electron chi connectivity index (χ0n) is 25.3. The van der Waals surface area contributed by atoms with Crippen molar-refractivity contribution in [2.45, 2.75) is 19.3 Å². The van der Waals surface area contributed by atoms with Crippen LogP contribution in [0.2, 0.25) is 0 Å². The highest BCUT2D eigenvalue weighted by atomic mass is 32.1. The number of hydrogen-bond donors (Lipinski definition) is 0. The summed E-state index contributed by atoms with van der Waals surface area (Å²) in [4.78, 5) is 2.41. The number of fused-ring (bicyclic) bond motifs is 7. The van der Waals surface area contributed by atoms with Crippen molar-refractivity contribution in [3.63, 3.8) is 0 Å². The van der Waals surface area contributed by atoms with Gasteiger partial charge in [0.05, 0.1) is 0 Å². The summed E-state index contributed by atoms with van der Waals surface area (Å²) in [5.41, 5.74) is 11.3. The van der Waals surface area contributed by atoms with Gasteiger partial charge in [0, 0.05) is 42.6 Å². The molecule has 0 aliphatic heterocycles. The molecule has 2 heteroatoms. The van der Waals surface area contributed by atoms with E-state index < -0.39 is 0 Å². The summed E-state index contributed by atoms with van der Waals surface area (Å²) in [7, 11) is 0. The topological polar surface area (TPSA) is 3.24 Å². The van der Waals surface area contributed by atoms with Crippen LogP contribution in [-0.4, -0.2) is 0 Å². The van der Waals surface area contributed by atoms with Gasteiger partial charge in [-0.1, -0.05) is 111 Å². The summed E-state index contributed by atoms with van der Waals surface area (Å²) in [6, 6.07) is 55.9. The van der Waals surface area contributed by atoms with Crippen LogP contribution in [0, 0.1) is 0 Å². The third-order valence-electron chi connectivity index (χ3n) is 9.64. The Kier molecular flexibility index (Phi) is 5.78. The van der Waals surface area contributed by atoms with Crippen molar-refractivity contribution in [3.05, 3.63) is 163 Å². The highest BCUT2D eigenvalue weighted by Gasteiger charge is 2.35. The minimum atomic E-state index is -0.0226. The molecule has 0 unspecified atom stereocenters. The van der Waals surface area contributed by atoms with E-state index in [-0.39, 0.29) is 5.41 Å². The van der Waals surface area contributed by atoms with Gasteiger partial charge in [0.25, 0.3) is 0 Å². The normalized spacial score (nSPS) is 13.3. The van der Waals surface area contributed by atoms with Gasteiger partial charge >= 0.3 is 0 Å². The first-order chi connectivity index (χ1) is 22.0. The van der Waals surface area contributed by atoms with Gasteiger partial charge in [-0.05, 0) is 98.8 Å². The standard InChI is InChI=1S/C43H31NS/c1-43(2)39-14-8-6-12-35(39)37-27-34(22-23-40(37)43)44(32-19-16-29(17-20-32)28-10-4-3-5-11-28)33-21-18-30-25-38-36-13-7-9-15-41(36)45-42(38)26-31(30)24-33/h3-27H,1-2H3. The van der Waals surface area contributed by atoms with Crippen LogP contribution in [0.1, 0.15) is 25.0 Å². The summed E-state index contributed by atoms with van der Waals surface area (Å²) in [5, 5.41) is 5.19. The summed E-state index contributed by atoms with van der Waals surface area (Å²) >= 11 is 1.88. The smallest absolute Gasteiger partial charge is 0.0468 e. The number of hydrogen-bond acceptors (Lipinski definition) is 2. The quantitative estimate of drug-likeness (QED) is 0.196. The van der Waals surface area contributed by atoms with Crippen molar-refractivity contribution in [1.82, 2.24) is 0 Å². The molecule has 214 valence electrons. The molecule has 0 fully saturated rings. The number of thiophene rings is 1. The first-order valence-electron chi connectivity index (χ1n) is 15.6. The molecule has 1 aromatic heterocycles. The third-order valence-corrected chi connectivity index (χ3v) is 10.8. The summed E-state index contributed by atoms with van der Waals surface area (Å²) in [5.74, 6) is 0. The average Bonchev–Trinajstić information content (AvgIpc) is 3.55. The molecule has 0 bridgehead atoms. The Morgan fingerprint density at radius 2 is 1.11 bits per heavy atom. The fourth-order valence-electron chi connectivity index (χ4n) is 7.32. The monoisotopic (exact) mass is 593 g/mol. The fourth-order valence-corrected chi connectivity index (χ4v) is 8.46. The Morgan fingerprint density at radius 1 is 0.444 bits per heavy atom. The number of nitrogens with zero attached hydrogens (tertiary/aromatic N) is 1. The Hall–Kier alpha value is -5.18. The van der Waals surface area contributed by atoms with Crippen LogP contribution in [0.3, 0.4) is 0 Å². The van der Waals surface area contributed by atoms with Crippen LogP contribution in [0.5, 0.6) is 0 Å². The third kappa shape index (κ3) is 4.13. The predicted octanol–water partition coefficient (Wildman–Crippen LogP) is 12.7. The molecular formula is C43H31NS. The van der Waals surface area contributed by atoms with Crippen LogP contribution in [-0.2, 0) is 5.41 Å². The van der Waals surface area contributed by atoms with Gasteiger partial charge in [-0.15, -0.1) is 11.3 Å². The summed E-state index contributed by atoms with van der Waals surface area (Å²) in [6.07, 6.45) is 0. The molecule has 0 saturated heterocycles. The average molecular weight is 594 g/mol. The van der Waals surface area contributed by atoms with E-state index in [2.05, 4.69) is 170 Å². The molecule has 0 spiro atoms. The second-order valence-corrected chi connectivity index (χ2v) is 13.7. The molecule has 45 heavy (non-hydrogen) atoms. The zero-order chi connectivity index (χ0) is 30.1. The van der Waals surface area contributed by atoms with E-state index in [0.29, 0.717) is 0 Å². The van der Waals surface area contributed by atoms with E-state index >= 15 is 0 Å². The van der Waals surface area contributed by atoms with Crippen LogP contribution >= 0.6 is 11.3 Å². The highest BCUT2D eigenvalue weighted by Crippen LogP contribution is 2.50. The summed E-state index contributed by atoms with van der Waals surface area (Å²) < 4.78 is 2.67. The zero-order valence-corrected chi connectivity index (χ0v) is 26.1. The van der Waals surface area contributed by atoms with Gasteiger partial charge < -0.3 is 4.90 Å². The number of anilines is 3. The fraction of sp³-hybridized carbons (Fsp3) is 0.0698. The van der Waals surface area contributed by atoms with E-state index in [4.69, 9.17) is 0 Å². The maximum atomic E-state index is 2.41. The molecule has 8 aromatic rings. The molecule has 0 saturated carbocycles. The molecule has 1 aliphatic carbocycles. The van der Waals surface area contributed by atoms with Crippen molar-refractivity contribution in [2.24, 2.45) is 0 Å². The van der Waals surface area contributed by atoms with Gasteiger partial charge in [0.15, 0.2) is 0 Å². The summed E-state index contributed by atoms with van der Waals surface area (Å²) in [6.45, 7) is 4.69. The Morgan fingerprint density at radius 3 is 1.98 bits per heavy atom. The SMILES string of the molecule is CC1(C)c2ccccc2-c2cc(N(c3ccc(-c4ccccc4)cc3)c3ccc4cc5c(cc4c3)sc3ccccc35)ccc21.